The minimum atomic E-state index is -4.92. The van der Waals surface area contributed by atoms with Gasteiger partial charge in [0.15, 0.2) is 0 Å². The van der Waals surface area contributed by atoms with Gasteiger partial charge in [0.25, 0.3) is 11.5 Å². The Hall–Kier alpha value is -8.22. The molecule has 3 aliphatic heterocycles. The number of nitrogens with one attached hydrogen (secondary N) is 2. The number of aromatic carboxylic acids is 1. The van der Waals surface area contributed by atoms with Crippen LogP contribution < -0.4 is 26.0 Å². The quantitative estimate of drug-likeness (QED) is 0.0742. The summed E-state index contributed by atoms with van der Waals surface area (Å²) < 4.78 is 262. The zero-order chi connectivity index (χ0) is 72.0. The molecule has 0 bridgehead atoms. The number of carboxylic acids is 2. The van der Waals surface area contributed by atoms with E-state index in [1.807, 2.05) is 5.32 Å². The number of carbonyl (C=O) groups excluding carboxylic acids is 2. The van der Waals surface area contributed by atoms with Gasteiger partial charge in [0.05, 0.1) is 61.9 Å². The first kappa shape index (κ1) is 76.8. The van der Waals surface area contributed by atoms with E-state index >= 15 is 8.78 Å². The molecule has 0 radical (unpaired) electrons. The summed E-state index contributed by atoms with van der Waals surface area (Å²) in [5, 5.41) is 23.1. The number of anilines is 2. The number of hydrogen-bond acceptors (Lipinski definition) is 13. The fraction of sp³-hybridized carbons (Fsp3) is 0.400. The summed E-state index contributed by atoms with van der Waals surface area (Å²) in [7, 11) is 2.36. The van der Waals surface area contributed by atoms with Crippen molar-refractivity contribution in [1.82, 2.24) is 20.2 Å². The van der Waals surface area contributed by atoms with Crippen molar-refractivity contribution >= 4 is 62.0 Å². The molecule has 5 heterocycles. The molecule has 2 aromatic heterocycles. The fourth-order valence-electron chi connectivity index (χ4n) is 9.89. The normalized spacial score (nSPS) is 19.6. The maximum absolute atomic E-state index is 15.2. The molecule has 3 fully saturated rings. The third-order valence-corrected chi connectivity index (χ3v) is 15.2. The van der Waals surface area contributed by atoms with Crippen molar-refractivity contribution in [2.24, 2.45) is 7.05 Å². The lowest BCUT2D eigenvalue weighted by molar-refractivity contribution is -0.182. The number of aromatic nitrogens is 2. The van der Waals surface area contributed by atoms with Gasteiger partial charge in [-0.1, -0.05) is 34.1 Å². The Morgan fingerprint density at radius 2 is 1.17 bits per heavy atom. The van der Waals surface area contributed by atoms with Crippen molar-refractivity contribution in [1.29, 1.82) is 0 Å². The number of benzene rings is 4. The van der Waals surface area contributed by atoms with Gasteiger partial charge < -0.3 is 54.2 Å². The fourth-order valence-corrected chi connectivity index (χ4v) is 10.3. The first-order chi connectivity index (χ1) is 44.5. The minimum absolute atomic E-state index is 0.0451. The number of hydrogen-bond donors (Lipinski definition) is 4. The van der Waals surface area contributed by atoms with Gasteiger partial charge in [0.2, 0.25) is 0 Å². The van der Waals surface area contributed by atoms with E-state index in [0.717, 1.165) is 40.8 Å². The number of ether oxygens (including phenoxy) is 4. The van der Waals surface area contributed by atoms with Crippen molar-refractivity contribution in [3.05, 3.63) is 156 Å². The highest BCUT2D eigenvalue weighted by Crippen LogP contribution is 2.40. The molecule has 3 saturated heterocycles. The lowest BCUT2D eigenvalue weighted by Gasteiger charge is -2.41. The van der Waals surface area contributed by atoms with Gasteiger partial charge in [-0.05, 0) is 81.8 Å². The van der Waals surface area contributed by atoms with Crippen LogP contribution in [0.4, 0.5) is 90.4 Å². The number of fused-ring (bicyclic) bond motifs is 1. The largest absolute Gasteiger partial charge is 0.480 e. The maximum atomic E-state index is 15.2. The number of nitrogens with zero attached hydrogens (tertiary/aromatic N) is 4. The summed E-state index contributed by atoms with van der Waals surface area (Å²) >= 11 is 2.89. The number of halogens is 19. The van der Waals surface area contributed by atoms with Crippen LogP contribution in [0.15, 0.2) is 82.2 Å². The molecule has 0 saturated carbocycles. The van der Waals surface area contributed by atoms with E-state index in [4.69, 9.17) is 19.3 Å². The van der Waals surface area contributed by atoms with E-state index in [0.29, 0.717) is 29.2 Å². The lowest BCUT2D eigenvalue weighted by Crippen LogP contribution is -2.56. The number of amides is 1. The molecule has 17 nitrogen and oxygen atoms in total. The Balaban J connectivity index is 0.000000255. The van der Waals surface area contributed by atoms with Gasteiger partial charge in [-0.25, -0.2) is 40.7 Å². The SMILES string of the molecule is CC1CNC(C(F)(F)F)CO1.COC(=O)c1c(F)cc(Br)cc1F.C[C@@H]1CN(c2cc(F)c(C(=O)O)c(F)c2)[C@@H](C(F)(F)F)CO1.Cc1cc(C(F)(F)F)c(-c2ccc(C[C@H](NC(=O)c3c(F)cc(N4C[C@@H](C)OC[C@@H]4C(F)(F)F)cc3F)C(=O)O)c3cccnc23)c(=O)n1C. The Morgan fingerprint density at radius 1 is 0.688 bits per heavy atom. The number of rotatable bonds is 10. The second-order valence-electron chi connectivity index (χ2n) is 21.6. The number of pyridine rings is 2. The molecule has 96 heavy (non-hydrogen) atoms. The molecule has 1 amide bonds. The number of alkyl halides is 12. The third kappa shape index (κ3) is 18.7. The summed E-state index contributed by atoms with van der Waals surface area (Å²) in [4.78, 5) is 65.6. The Kier molecular flexibility index (Phi) is 24.7. The standard InChI is InChI=1S/C33H28F8N4O5.C13H12F5NO3.C8H5BrF2O2.C6H10F3NO/c1-15-9-21(32(36,37)38)26(30(47)44(15)3)20-7-6-17(19-5-4-8-42-28(19)20)10-24(31(48)49)43-29(46)27-22(34)11-18(12-23(27)35)45-13-16(2)50-14-25(45)33(39,40)41;1-6-4-19(10(5-22-6)13(16,17)18)7-2-8(14)11(12(20)21)9(15)3-7;1-13-8(12)7-5(10)2-4(9)3-6(7)11;1-4-2-10-5(3-11-4)6(7,8)9/h4-9,11-12,16,24-25H,10,13-14H2,1-3H3,(H,43,46)(H,48,49);2-3,6,10H,4-5H2,1H3,(H,20,21);2-3H,1H3;4-5,10H,2-3H2,1H3/t16-,24+,25-;6-,10-;;/m11../s1. The van der Waals surface area contributed by atoms with Crippen molar-refractivity contribution in [2.75, 3.05) is 56.4 Å². The summed E-state index contributed by atoms with van der Waals surface area (Å²) in [5.41, 5.74) is -6.97. The number of carboxylic acid groups (broad SMARTS) is 2. The predicted octanol–water partition coefficient (Wildman–Crippen LogP) is 12.0. The maximum Gasteiger partial charge on any atom is 0.417 e. The van der Waals surface area contributed by atoms with Crippen molar-refractivity contribution in [3.63, 3.8) is 0 Å². The number of aryl methyl sites for hydroxylation is 1. The molecule has 0 aliphatic carbocycles. The van der Waals surface area contributed by atoms with Gasteiger partial charge >= 0.3 is 42.6 Å². The van der Waals surface area contributed by atoms with Crippen LogP contribution in [0, 0.1) is 41.8 Å². The van der Waals surface area contributed by atoms with Crippen LogP contribution in [0.5, 0.6) is 0 Å². The van der Waals surface area contributed by atoms with Crippen molar-refractivity contribution < 1.29 is 127 Å². The van der Waals surface area contributed by atoms with E-state index in [1.165, 1.54) is 52.2 Å². The molecule has 36 heteroatoms. The van der Waals surface area contributed by atoms with Crippen LogP contribution in [0.25, 0.3) is 22.0 Å². The summed E-state index contributed by atoms with van der Waals surface area (Å²) in [6, 6.07) is 2.65. The summed E-state index contributed by atoms with van der Waals surface area (Å²) in [6.07, 6.45) is -19.3. The molecule has 7 atom stereocenters. The number of methoxy groups -OCH3 is 1. The van der Waals surface area contributed by atoms with Crippen LogP contribution in [0.3, 0.4) is 0 Å². The number of aliphatic carboxylic acids is 1. The zero-order valence-corrected chi connectivity index (χ0v) is 52.0. The first-order valence-corrected chi connectivity index (χ1v) is 28.7. The van der Waals surface area contributed by atoms with Gasteiger partial charge in [-0.15, -0.1) is 0 Å². The van der Waals surface area contributed by atoms with Crippen LogP contribution >= 0.6 is 15.9 Å². The van der Waals surface area contributed by atoms with Crippen LogP contribution in [0.1, 0.15) is 68.7 Å². The average molecular weight is 1460 g/mol. The lowest BCUT2D eigenvalue weighted by atomic mass is 9.93. The molecular weight excluding hydrogens is 1400 g/mol. The topological polar surface area (TPSA) is 211 Å². The van der Waals surface area contributed by atoms with Crippen LogP contribution in [-0.4, -0.2) is 151 Å². The second-order valence-corrected chi connectivity index (χ2v) is 22.6. The van der Waals surface area contributed by atoms with Gasteiger partial charge in [0.1, 0.15) is 75.8 Å². The van der Waals surface area contributed by atoms with Crippen molar-refractivity contribution in [2.45, 2.75) is 101 Å². The molecule has 9 rings (SSSR count). The highest BCUT2D eigenvalue weighted by molar-refractivity contribution is 9.10. The summed E-state index contributed by atoms with van der Waals surface area (Å²) in [6.45, 7) is 3.99. The molecule has 4 N–H and O–H groups in total. The predicted molar refractivity (Wildman–Crippen MR) is 308 cm³/mol. The Morgan fingerprint density at radius 3 is 1.59 bits per heavy atom. The molecular formula is C60H55BrF18N6O11. The average Bonchev–Trinajstić information content (AvgIpc) is 0.760. The zero-order valence-electron chi connectivity index (χ0n) is 50.5. The molecule has 3 aliphatic rings. The highest BCUT2D eigenvalue weighted by atomic mass is 79.9. The van der Waals surface area contributed by atoms with E-state index in [2.05, 4.69) is 31.0 Å². The van der Waals surface area contributed by atoms with E-state index < -0.39 is 178 Å². The van der Waals surface area contributed by atoms with Gasteiger partial charge in [-0.3, -0.25) is 14.6 Å². The molecule has 524 valence electrons. The molecule has 2 unspecified atom stereocenters. The minimum Gasteiger partial charge on any atom is -0.480 e. The van der Waals surface area contributed by atoms with E-state index in [-0.39, 0.29) is 70.2 Å². The smallest absolute Gasteiger partial charge is 0.417 e. The third-order valence-electron chi connectivity index (χ3n) is 14.8. The van der Waals surface area contributed by atoms with Gasteiger partial charge in [0, 0.05) is 71.8 Å². The Bertz CT molecular complexity index is 3830. The van der Waals surface area contributed by atoms with Crippen LogP contribution in [0.2, 0.25) is 0 Å². The number of esters is 1. The monoisotopic (exact) mass is 1460 g/mol. The van der Waals surface area contributed by atoms with Gasteiger partial charge in [-0.2, -0.15) is 52.7 Å². The van der Waals surface area contributed by atoms with Crippen molar-refractivity contribution in [3.8, 4) is 11.1 Å². The molecule has 6 aromatic rings. The molecule has 4 aromatic carbocycles. The summed E-state index contributed by atoms with van der Waals surface area (Å²) in [5.74, 6) is -13.9. The van der Waals surface area contributed by atoms with Crippen LogP contribution in [-0.2, 0) is 43.4 Å². The number of carbonyl (C=O) groups is 4. The Labute approximate surface area is 540 Å². The van der Waals surface area contributed by atoms with E-state index in [1.54, 1.807) is 6.92 Å². The first-order valence-electron chi connectivity index (χ1n) is 27.9. The second kappa shape index (κ2) is 30.9. The van der Waals surface area contributed by atoms with E-state index in [9.17, 15) is 99.3 Å². The highest BCUT2D eigenvalue weighted by Gasteiger charge is 2.49. The number of morpholine rings is 3. The molecule has 0 spiro atoms.